The molecule has 0 amide bonds. The van der Waals surface area contributed by atoms with E-state index < -0.39 is 11.4 Å². The average molecular weight is 244 g/mol. The van der Waals surface area contributed by atoms with Gasteiger partial charge in [0.1, 0.15) is 5.60 Å². The number of aliphatic hydroxyl groups excluding tert-OH is 1. The summed E-state index contributed by atoms with van der Waals surface area (Å²) in [5, 5.41) is 9.72. The number of hydrogen-bond donors (Lipinski definition) is 1. The summed E-state index contributed by atoms with van der Waals surface area (Å²) in [5.41, 5.74) is -0.520. The average Bonchev–Trinajstić information content (AvgIpc) is 2.50. The molecule has 0 aromatic rings. The third kappa shape index (κ3) is 2.36. The minimum Gasteiger partial charge on any atom is -0.393 e. The van der Waals surface area contributed by atoms with Crippen LogP contribution in [0.1, 0.15) is 46.0 Å². The topological polar surface area (TPSA) is 47.9 Å². The van der Waals surface area contributed by atoms with Gasteiger partial charge in [-0.2, -0.15) is 0 Å². The van der Waals surface area contributed by atoms with Crippen LogP contribution in [-0.2, 0) is 14.5 Å². The smallest absolute Gasteiger partial charge is 0.198 e. The van der Waals surface area contributed by atoms with Crippen molar-refractivity contribution in [2.45, 2.75) is 57.3 Å². The molecule has 1 aliphatic carbocycles. The Kier molecular flexibility index (Phi) is 3.78. The first-order chi connectivity index (χ1) is 8.05. The van der Waals surface area contributed by atoms with E-state index in [1.165, 1.54) is 6.42 Å². The van der Waals surface area contributed by atoms with Crippen LogP contribution in [0.3, 0.4) is 0 Å². The summed E-state index contributed by atoms with van der Waals surface area (Å²) in [7, 11) is 1.63. The molecule has 100 valence electrons. The predicted octanol–water partition coefficient (Wildman–Crippen LogP) is 2.26. The Morgan fingerprint density at radius 1 is 1.29 bits per heavy atom. The Bertz CT molecular complexity index is 270. The number of methoxy groups -OCH3 is 1. The summed E-state index contributed by atoms with van der Waals surface area (Å²) in [6.07, 6.45) is 4.95. The van der Waals surface area contributed by atoms with Crippen LogP contribution in [0.25, 0.3) is 0 Å². The molecule has 0 spiro atoms. The highest BCUT2D eigenvalue weighted by Crippen LogP contribution is 2.46. The largest absolute Gasteiger partial charge is 0.393 e. The summed E-state index contributed by atoms with van der Waals surface area (Å²) in [4.78, 5) is 11.1. The summed E-state index contributed by atoms with van der Waals surface area (Å²) in [6, 6.07) is 0. The van der Waals surface area contributed by atoms with E-state index in [1.807, 2.05) is 6.92 Å². The standard InChI is InChI=1S/C13H24O4/c1-10-5-4-7-13(9-14)11(10)6-8-12(2,15-3)16-17-13/h10-11,14H,4-9H2,1-3H3/t10-,11?,12-,13-/m1/s1. The number of rotatable bonds is 2. The van der Waals surface area contributed by atoms with Crippen molar-refractivity contribution < 1.29 is 19.6 Å². The van der Waals surface area contributed by atoms with Gasteiger partial charge in [-0.05, 0) is 31.6 Å². The van der Waals surface area contributed by atoms with Crippen LogP contribution in [0.2, 0.25) is 0 Å². The fourth-order valence-corrected chi connectivity index (χ4v) is 3.27. The van der Waals surface area contributed by atoms with Gasteiger partial charge in [-0.25, -0.2) is 9.78 Å². The van der Waals surface area contributed by atoms with Gasteiger partial charge in [-0.15, -0.1) is 0 Å². The van der Waals surface area contributed by atoms with Crippen molar-refractivity contribution in [1.29, 1.82) is 0 Å². The Morgan fingerprint density at radius 3 is 2.71 bits per heavy atom. The van der Waals surface area contributed by atoms with Crippen molar-refractivity contribution in [2.24, 2.45) is 11.8 Å². The van der Waals surface area contributed by atoms with Gasteiger partial charge in [-0.1, -0.05) is 19.8 Å². The SMILES string of the molecule is CO[C@@]1(C)CCC2[C@H](C)CCC[C@]2(CO)OO1. The zero-order chi connectivity index (χ0) is 12.5. The zero-order valence-electron chi connectivity index (χ0n) is 11.1. The van der Waals surface area contributed by atoms with Gasteiger partial charge in [-0.3, -0.25) is 0 Å². The molecule has 1 saturated heterocycles. The van der Waals surface area contributed by atoms with Gasteiger partial charge in [0.05, 0.1) is 6.61 Å². The lowest BCUT2D eigenvalue weighted by Gasteiger charge is -2.43. The van der Waals surface area contributed by atoms with Crippen LogP contribution >= 0.6 is 0 Å². The van der Waals surface area contributed by atoms with E-state index in [0.717, 1.165) is 25.7 Å². The molecule has 0 aromatic heterocycles. The fraction of sp³-hybridized carbons (Fsp3) is 1.00. The van der Waals surface area contributed by atoms with E-state index in [1.54, 1.807) is 7.11 Å². The molecule has 1 N–H and O–H groups in total. The van der Waals surface area contributed by atoms with Crippen LogP contribution in [0.4, 0.5) is 0 Å². The minimum absolute atomic E-state index is 0.0296. The molecular formula is C13H24O4. The summed E-state index contributed by atoms with van der Waals surface area (Å²) < 4.78 is 5.36. The van der Waals surface area contributed by atoms with Crippen LogP contribution in [-0.4, -0.2) is 30.2 Å². The Balaban J connectivity index is 2.20. The zero-order valence-corrected chi connectivity index (χ0v) is 11.1. The molecule has 1 unspecified atom stereocenters. The lowest BCUT2D eigenvalue weighted by atomic mass is 9.68. The lowest BCUT2D eigenvalue weighted by molar-refractivity contribution is -0.461. The molecule has 2 fully saturated rings. The van der Waals surface area contributed by atoms with Crippen molar-refractivity contribution in [3.8, 4) is 0 Å². The van der Waals surface area contributed by atoms with Crippen molar-refractivity contribution in [3.05, 3.63) is 0 Å². The van der Waals surface area contributed by atoms with Crippen LogP contribution in [0.15, 0.2) is 0 Å². The molecule has 1 saturated carbocycles. The second kappa shape index (κ2) is 4.84. The minimum atomic E-state index is -0.681. The molecule has 4 atom stereocenters. The molecule has 2 rings (SSSR count). The Morgan fingerprint density at radius 2 is 2.06 bits per heavy atom. The van der Waals surface area contributed by atoms with Gasteiger partial charge < -0.3 is 9.84 Å². The van der Waals surface area contributed by atoms with Crippen molar-refractivity contribution in [2.75, 3.05) is 13.7 Å². The Hall–Kier alpha value is -0.160. The van der Waals surface area contributed by atoms with Gasteiger partial charge in [0.15, 0.2) is 5.79 Å². The lowest BCUT2D eigenvalue weighted by Crippen LogP contribution is -2.49. The van der Waals surface area contributed by atoms with Gasteiger partial charge in [0.25, 0.3) is 0 Å². The van der Waals surface area contributed by atoms with Gasteiger partial charge in [0.2, 0.25) is 0 Å². The maximum atomic E-state index is 9.72. The molecule has 0 aromatic carbocycles. The number of hydrogen-bond acceptors (Lipinski definition) is 4. The van der Waals surface area contributed by atoms with Crippen molar-refractivity contribution >= 4 is 0 Å². The Labute approximate surface area is 103 Å². The summed E-state index contributed by atoms with van der Waals surface area (Å²) >= 11 is 0. The van der Waals surface area contributed by atoms with Crippen LogP contribution < -0.4 is 0 Å². The van der Waals surface area contributed by atoms with E-state index in [-0.39, 0.29) is 6.61 Å². The molecule has 1 aliphatic heterocycles. The maximum Gasteiger partial charge on any atom is 0.198 e. The number of fused-ring (bicyclic) bond motifs is 1. The predicted molar refractivity (Wildman–Crippen MR) is 63.1 cm³/mol. The second-order valence-electron chi connectivity index (χ2n) is 5.74. The highest BCUT2D eigenvalue weighted by Gasteiger charge is 2.50. The van der Waals surface area contributed by atoms with Crippen molar-refractivity contribution in [1.82, 2.24) is 0 Å². The highest BCUT2D eigenvalue weighted by atomic mass is 17.2. The quantitative estimate of drug-likeness (QED) is 0.757. The molecular weight excluding hydrogens is 220 g/mol. The molecule has 0 bridgehead atoms. The summed E-state index contributed by atoms with van der Waals surface area (Å²) in [5.74, 6) is 0.246. The third-order valence-corrected chi connectivity index (χ3v) is 4.61. The van der Waals surface area contributed by atoms with E-state index in [9.17, 15) is 5.11 Å². The molecule has 4 nitrogen and oxygen atoms in total. The van der Waals surface area contributed by atoms with E-state index in [4.69, 9.17) is 14.5 Å². The first-order valence-corrected chi connectivity index (χ1v) is 6.58. The first-order valence-electron chi connectivity index (χ1n) is 6.58. The van der Waals surface area contributed by atoms with E-state index in [0.29, 0.717) is 11.8 Å². The maximum absolute atomic E-state index is 9.72. The van der Waals surface area contributed by atoms with Crippen LogP contribution in [0, 0.1) is 11.8 Å². The molecule has 17 heavy (non-hydrogen) atoms. The van der Waals surface area contributed by atoms with Gasteiger partial charge >= 0.3 is 0 Å². The number of ether oxygens (including phenoxy) is 1. The third-order valence-electron chi connectivity index (χ3n) is 4.61. The molecule has 4 heteroatoms. The second-order valence-corrected chi connectivity index (χ2v) is 5.74. The van der Waals surface area contributed by atoms with Gasteiger partial charge in [0, 0.05) is 13.5 Å². The monoisotopic (exact) mass is 244 g/mol. The fourth-order valence-electron chi connectivity index (χ4n) is 3.27. The summed E-state index contributed by atoms with van der Waals surface area (Å²) in [6.45, 7) is 4.16. The first kappa shape index (κ1) is 13.3. The normalized spacial score (nSPS) is 47.3. The van der Waals surface area contributed by atoms with Crippen LogP contribution in [0.5, 0.6) is 0 Å². The van der Waals surface area contributed by atoms with Crippen molar-refractivity contribution in [3.63, 3.8) is 0 Å². The van der Waals surface area contributed by atoms with E-state index >= 15 is 0 Å². The highest BCUT2D eigenvalue weighted by molar-refractivity contribution is 4.95. The molecule has 1 heterocycles. The van der Waals surface area contributed by atoms with E-state index in [2.05, 4.69) is 6.92 Å². The molecule has 2 aliphatic rings. The number of aliphatic hydroxyl groups is 1. The molecule has 0 radical (unpaired) electrons.